The Bertz CT molecular complexity index is 1250. The largest absolute Gasteiger partial charge is 0.264 e. The van der Waals surface area contributed by atoms with Gasteiger partial charge in [-0.05, 0) is 66.6 Å². The van der Waals surface area contributed by atoms with Gasteiger partial charge < -0.3 is 0 Å². The molecule has 10 heteroatoms. The van der Waals surface area contributed by atoms with Crippen molar-refractivity contribution in [1.29, 1.82) is 0 Å². The van der Waals surface area contributed by atoms with Crippen LogP contribution < -0.4 is 4.72 Å². The van der Waals surface area contributed by atoms with E-state index in [2.05, 4.69) is 9.71 Å². The van der Waals surface area contributed by atoms with Gasteiger partial charge in [0.2, 0.25) is 10.0 Å². The Morgan fingerprint density at radius 3 is 2.23 bits per heavy atom. The highest BCUT2D eigenvalue weighted by Crippen LogP contribution is 2.29. The van der Waals surface area contributed by atoms with Gasteiger partial charge in [0.1, 0.15) is 16.9 Å². The number of nitrogens with zero attached hydrogens (tertiary/aromatic N) is 1. The zero-order valence-electron chi connectivity index (χ0n) is 15.8. The van der Waals surface area contributed by atoms with Gasteiger partial charge in [-0.2, -0.15) is 0 Å². The number of nitrogens with one attached hydrogen (secondary N) is 1. The molecular weight excluding hydrogens is 434 g/mol. The highest BCUT2D eigenvalue weighted by Gasteiger charge is 2.31. The molecule has 0 aliphatic carbocycles. The minimum atomic E-state index is -4.10. The van der Waals surface area contributed by atoms with Crippen molar-refractivity contribution in [3.05, 3.63) is 89.8 Å². The molecule has 6 nitrogen and oxygen atoms in total. The first-order chi connectivity index (χ1) is 14.1. The van der Waals surface area contributed by atoms with Crippen molar-refractivity contribution < 1.29 is 25.6 Å². The van der Waals surface area contributed by atoms with E-state index in [0.29, 0.717) is 0 Å². The fraction of sp³-hybridized carbons (Fsp3) is 0.150. The van der Waals surface area contributed by atoms with E-state index in [-0.39, 0.29) is 20.9 Å². The van der Waals surface area contributed by atoms with Gasteiger partial charge in [-0.1, -0.05) is 6.07 Å². The van der Waals surface area contributed by atoms with Crippen LogP contribution in [0.5, 0.6) is 0 Å². The lowest BCUT2D eigenvalue weighted by Gasteiger charge is -2.19. The summed E-state index contributed by atoms with van der Waals surface area (Å²) in [6.45, 7) is 0.939. The maximum atomic E-state index is 13.6. The van der Waals surface area contributed by atoms with Crippen molar-refractivity contribution in [2.75, 3.05) is 6.54 Å². The van der Waals surface area contributed by atoms with Crippen molar-refractivity contribution in [3.8, 4) is 0 Å². The van der Waals surface area contributed by atoms with Gasteiger partial charge in [0.15, 0.2) is 9.84 Å². The third-order valence-electron chi connectivity index (χ3n) is 4.47. The van der Waals surface area contributed by atoms with Crippen LogP contribution >= 0.6 is 0 Å². The Kier molecular flexibility index (Phi) is 6.30. The normalized spacial score (nSPS) is 13.2. The molecule has 0 fully saturated rings. The molecule has 0 spiro atoms. The third-order valence-corrected chi connectivity index (χ3v) is 8.01. The molecule has 0 aliphatic rings. The highest BCUT2D eigenvalue weighted by atomic mass is 32.2. The average molecular weight is 453 g/mol. The van der Waals surface area contributed by atoms with E-state index in [1.807, 2.05) is 0 Å². The van der Waals surface area contributed by atoms with E-state index in [9.17, 15) is 25.6 Å². The highest BCUT2D eigenvalue weighted by molar-refractivity contribution is 7.92. The summed E-state index contributed by atoms with van der Waals surface area (Å²) in [7, 11) is -8.20. The topological polar surface area (TPSA) is 93.2 Å². The average Bonchev–Trinajstić information content (AvgIpc) is 2.71. The first kappa shape index (κ1) is 22.0. The van der Waals surface area contributed by atoms with Crippen molar-refractivity contribution in [3.63, 3.8) is 0 Å². The lowest BCUT2D eigenvalue weighted by Crippen LogP contribution is -2.32. The smallest absolute Gasteiger partial charge is 0.240 e. The second-order valence-electron chi connectivity index (χ2n) is 6.54. The first-order valence-corrected chi connectivity index (χ1v) is 11.8. The number of pyridine rings is 1. The van der Waals surface area contributed by atoms with Crippen LogP contribution in [0.1, 0.15) is 16.4 Å². The van der Waals surface area contributed by atoms with Crippen LogP contribution in [0.25, 0.3) is 0 Å². The molecule has 1 heterocycles. The molecule has 0 saturated carbocycles. The van der Waals surface area contributed by atoms with Gasteiger partial charge in [0.25, 0.3) is 0 Å². The zero-order chi connectivity index (χ0) is 21.9. The molecule has 0 radical (unpaired) electrons. The van der Waals surface area contributed by atoms with Gasteiger partial charge in [-0.25, -0.2) is 30.3 Å². The van der Waals surface area contributed by atoms with Gasteiger partial charge in [0, 0.05) is 18.9 Å². The maximum absolute atomic E-state index is 13.6. The van der Waals surface area contributed by atoms with Crippen molar-refractivity contribution in [2.24, 2.45) is 0 Å². The molecule has 0 aliphatic heterocycles. The van der Waals surface area contributed by atoms with Crippen molar-refractivity contribution >= 4 is 19.9 Å². The number of hydrogen-bond acceptors (Lipinski definition) is 5. The molecule has 1 N–H and O–H groups in total. The van der Waals surface area contributed by atoms with Crippen molar-refractivity contribution in [2.45, 2.75) is 22.0 Å². The quantitative estimate of drug-likeness (QED) is 0.556. The monoisotopic (exact) mass is 452 g/mol. The zero-order valence-corrected chi connectivity index (χ0v) is 17.4. The van der Waals surface area contributed by atoms with Crippen LogP contribution in [0.4, 0.5) is 8.78 Å². The van der Waals surface area contributed by atoms with E-state index in [1.54, 1.807) is 0 Å². The minimum Gasteiger partial charge on any atom is -0.264 e. The summed E-state index contributed by atoms with van der Waals surface area (Å²) >= 11 is 0. The summed E-state index contributed by atoms with van der Waals surface area (Å²) in [5.41, 5.74) is 0.411. The van der Waals surface area contributed by atoms with E-state index in [4.69, 9.17) is 0 Å². The summed E-state index contributed by atoms with van der Waals surface area (Å²) in [6.07, 6.45) is 2.78. The Morgan fingerprint density at radius 2 is 1.63 bits per heavy atom. The summed E-state index contributed by atoms with van der Waals surface area (Å²) in [4.78, 5) is 3.57. The minimum absolute atomic E-state index is 0.142. The van der Waals surface area contributed by atoms with Gasteiger partial charge >= 0.3 is 0 Å². The van der Waals surface area contributed by atoms with Crippen LogP contribution in [0, 0.1) is 18.6 Å². The Balaban J connectivity index is 1.97. The number of sulfonamides is 1. The lowest BCUT2D eigenvalue weighted by molar-refractivity contribution is 0.567. The van der Waals surface area contributed by atoms with E-state index < -0.39 is 43.3 Å². The summed E-state index contributed by atoms with van der Waals surface area (Å²) in [5, 5.41) is -1.31. The maximum Gasteiger partial charge on any atom is 0.240 e. The van der Waals surface area contributed by atoms with E-state index in [0.717, 1.165) is 36.4 Å². The molecule has 1 unspecified atom stereocenters. The summed E-state index contributed by atoms with van der Waals surface area (Å²) in [5.74, 6) is -1.15. The van der Waals surface area contributed by atoms with Crippen LogP contribution in [0.2, 0.25) is 0 Å². The van der Waals surface area contributed by atoms with E-state index >= 15 is 0 Å². The number of rotatable bonds is 7. The Labute approximate surface area is 173 Å². The second-order valence-corrected chi connectivity index (χ2v) is 10.4. The summed E-state index contributed by atoms with van der Waals surface area (Å²) in [6, 6.07) is 10.6. The third kappa shape index (κ3) is 4.72. The number of aromatic nitrogens is 1. The molecule has 3 aromatic rings. The Morgan fingerprint density at radius 1 is 0.967 bits per heavy atom. The molecular formula is C20H18F2N2O4S2. The Hall–Kier alpha value is -2.69. The van der Waals surface area contributed by atoms with Crippen LogP contribution in [0.3, 0.4) is 0 Å². The van der Waals surface area contributed by atoms with Gasteiger partial charge in [-0.3, -0.25) is 4.98 Å². The molecule has 1 atom stereocenters. The summed E-state index contributed by atoms with van der Waals surface area (Å²) < 4.78 is 80.6. The SMILES string of the molecule is Cc1cc(S(=O)(=O)C(CNS(=O)(=O)c2ccc(F)cc2)c2cccnc2)ccc1F. The fourth-order valence-corrected chi connectivity index (χ4v) is 5.69. The number of aryl methyl sites for hydroxylation is 1. The number of benzene rings is 2. The predicted octanol–water partition coefficient (Wildman–Crippen LogP) is 3.16. The molecule has 2 aromatic carbocycles. The lowest BCUT2D eigenvalue weighted by atomic mass is 10.2. The van der Waals surface area contributed by atoms with Crippen LogP contribution in [-0.2, 0) is 19.9 Å². The molecule has 30 heavy (non-hydrogen) atoms. The molecule has 158 valence electrons. The fourth-order valence-electron chi connectivity index (χ4n) is 2.81. The molecule has 0 saturated heterocycles. The number of halogens is 2. The molecule has 3 rings (SSSR count). The van der Waals surface area contributed by atoms with Gasteiger partial charge in [0.05, 0.1) is 9.79 Å². The van der Waals surface area contributed by atoms with Gasteiger partial charge in [-0.15, -0.1) is 0 Å². The van der Waals surface area contributed by atoms with Crippen LogP contribution in [0.15, 0.2) is 76.8 Å². The van der Waals surface area contributed by atoms with E-state index in [1.165, 1.54) is 37.5 Å². The standard InChI is InChI=1S/C20H18F2N2O4S2/c1-14-11-18(8-9-19(14)22)29(25,26)20(15-3-2-10-23-12-15)13-24-30(27,28)17-6-4-16(21)5-7-17/h2-12,20,24H,13H2,1H3. The predicted molar refractivity (Wildman–Crippen MR) is 107 cm³/mol. The molecule has 0 bridgehead atoms. The van der Waals surface area contributed by atoms with Crippen LogP contribution in [-0.4, -0.2) is 28.4 Å². The van der Waals surface area contributed by atoms with Crippen molar-refractivity contribution in [1.82, 2.24) is 9.71 Å². The second kappa shape index (κ2) is 8.58. The molecule has 0 amide bonds. The first-order valence-electron chi connectivity index (χ1n) is 8.76. The molecule has 1 aromatic heterocycles. The number of sulfone groups is 1. The number of hydrogen-bond donors (Lipinski definition) is 1.